The highest BCUT2D eigenvalue weighted by Gasteiger charge is 2.31. The number of amides is 1. The summed E-state index contributed by atoms with van der Waals surface area (Å²) in [5.74, 6) is 1.08. The first-order valence-electron chi connectivity index (χ1n) is 10.4. The van der Waals surface area contributed by atoms with Gasteiger partial charge in [-0.25, -0.2) is 4.98 Å². The monoisotopic (exact) mass is 443 g/mol. The zero-order valence-corrected chi connectivity index (χ0v) is 17.5. The van der Waals surface area contributed by atoms with Gasteiger partial charge in [-0.1, -0.05) is 0 Å². The van der Waals surface area contributed by atoms with E-state index in [4.69, 9.17) is 9.47 Å². The number of likely N-dealkylation sites (tertiary alicyclic amines) is 1. The van der Waals surface area contributed by atoms with Crippen LogP contribution in [0.1, 0.15) is 18.4 Å². The van der Waals surface area contributed by atoms with Crippen molar-refractivity contribution in [3.05, 3.63) is 23.9 Å². The molecule has 2 aliphatic rings. The van der Waals surface area contributed by atoms with E-state index in [1.807, 2.05) is 4.90 Å². The highest BCUT2D eigenvalue weighted by molar-refractivity contribution is 5.81. The Morgan fingerprint density at radius 2 is 1.94 bits per heavy atom. The van der Waals surface area contributed by atoms with Crippen molar-refractivity contribution in [1.29, 1.82) is 0 Å². The maximum atomic E-state index is 12.6. The lowest BCUT2D eigenvalue weighted by atomic mass is 9.95. The fraction of sp³-hybridized carbons (Fsp3) is 0.650. The normalized spacial score (nSPS) is 18.8. The average molecular weight is 443 g/mol. The summed E-state index contributed by atoms with van der Waals surface area (Å²) < 4.78 is 48.4. The van der Waals surface area contributed by atoms with E-state index in [0.29, 0.717) is 38.8 Å². The van der Waals surface area contributed by atoms with Gasteiger partial charge >= 0.3 is 6.18 Å². The molecule has 0 bridgehead atoms. The Bertz CT molecular complexity index is 743. The van der Waals surface area contributed by atoms with Crippen molar-refractivity contribution in [2.75, 3.05) is 59.6 Å². The number of guanidine groups is 1. The van der Waals surface area contributed by atoms with Gasteiger partial charge in [0.05, 0.1) is 25.3 Å². The molecule has 0 spiro atoms. The van der Waals surface area contributed by atoms with E-state index >= 15 is 0 Å². The van der Waals surface area contributed by atoms with Crippen LogP contribution in [0.15, 0.2) is 23.3 Å². The van der Waals surface area contributed by atoms with E-state index in [-0.39, 0.29) is 24.3 Å². The number of hydrogen-bond acceptors (Lipinski definition) is 5. The van der Waals surface area contributed by atoms with Gasteiger partial charge in [0, 0.05) is 51.4 Å². The fourth-order valence-corrected chi connectivity index (χ4v) is 3.66. The number of piperidine rings is 1. The first-order valence-corrected chi connectivity index (χ1v) is 10.4. The molecule has 8 nitrogen and oxygen atoms in total. The molecule has 0 aliphatic carbocycles. The maximum Gasteiger partial charge on any atom is 0.417 e. The van der Waals surface area contributed by atoms with Gasteiger partial charge in [0.15, 0.2) is 5.96 Å². The second kappa shape index (κ2) is 10.7. The number of pyridine rings is 1. The molecule has 0 unspecified atom stereocenters. The number of carbonyl (C=O) groups excluding carboxylic acids is 1. The lowest BCUT2D eigenvalue weighted by molar-refractivity contribution is -0.141. The molecule has 1 amide bonds. The molecule has 3 heterocycles. The van der Waals surface area contributed by atoms with Crippen LogP contribution < -0.4 is 10.1 Å². The largest absolute Gasteiger partial charge is 0.476 e. The smallest absolute Gasteiger partial charge is 0.417 e. The maximum absolute atomic E-state index is 12.6. The number of morpholine rings is 1. The highest BCUT2D eigenvalue weighted by atomic mass is 19.4. The number of ether oxygens (including phenoxy) is 2. The highest BCUT2D eigenvalue weighted by Crippen LogP contribution is 2.29. The Morgan fingerprint density at radius 3 is 2.52 bits per heavy atom. The molecule has 0 radical (unpaired) electrons. The van der Waals surface area contributed by atoms with Crippen molar-refractivity contribution in [3.8, 4) is 5.88 Å². The summed E-state index contributed by atoms with van der Waals surface area (Å²) in [5.41, 5.74) is -0.811. The second-order valence-electron chi connectivity index (χ2n) is 7.40. The molecule has 172 valence electrons. The molecule has 2 fully saturated rings. The third-order valence-electron chi connectivity index (χ3n) is 5.38. The van der Waals surface area contributed by atoms with Crippen molar-refractivity contribution in [2.45, 2.75) is 19.0 Å². The summed E-state index contributed by atoms with van der Waals surface area (Å²) in [6.45, 7) is 4.62. The molecule has 1 aromatic rings. The van der Waals surface area contributed by atoms with Crippen molar-refractivity contribution >= 4 is 11.9 Å². The number of aromatic nitrogens is 1. The topological polar surface area (TPSA) is 79.3 Å². The van der Waals surface area contributed by atoms with Crippen molar-refractivity contribution < 1.29 is 27.4 Å². The van der Waals surface area contributed by atoms with Crippen LogP contribution in [0.4, 0.5) is 13.2 Å². The van der Waals surface area contributed by atoms with Gasteiger partial charge in [0.2, 0.25) is 11.8 Å². The number of nitrogens with zero attached hydrogens (tertiary/aromatic N) is 4. The van der Waals surface area contributed by atoms with E-state index < -0.39 is 11.7 Å². The number of rotatable bonds is 5. The van der Waals surface area contributed by atoms with Crippen LogP contribution >= 0.6 is 0 Å². The van der Waals surface area contributed by atoms with Gasteiger partial charge in [-0.3, -0.25) is 9.79 Å². The average Bonchev–Trinajstić information content (AvgIpc) is 2.79. The van der Waals surface area contributed by atoms with Gasteiger partial charge in [-0.2, -0.15) is 13.2 Å². The van der Waals surface area contributed by atoms with Gasteiger partial charge in [0.25, 0.3) is 0 Å². The predicted octanol–water partition coefficient (Wildman–Crippen LogP) is 1.63. The Kier molecular flexibility index (Phi) is 7.94. The molecule has 0 saturated carbocycles. The van der Waals surface area contributed by atoms with E-state index in [1.54, 1.807) is 7.05 Å². The molecule has 0 atom stereocenters. The van der Waals surface area contributed by atoms with Gasteiger partial charge in [-0.15, -0.1) is 0 Å². The summed E-state index contributed by atoms with van der Waals surface area (Å²) in [7, 11) is 1.69. The van der Waals surface area contributed by atoms with Crippen LogP contribution in [0.5, 0.6) is 5.88 Å². The van der Waals surface area contributed by atoms with Gasteiger partial charge in [0.1, 0.15) is 6.61 Å². The Balaban J connectivity index is 1.38. The van der Waals surface area contributed by atoms with Crippen LogP contribution in [-0.2, 0) is 15.7 Å². The third kappa shape index (κ3) is 6.46. The second-order valence-corrected chi connectivity index (χ2v) is 7.40. The molecular formula is C20H28F3N5O3. The van der Waals surface area contributed by atoms with Crippen molar-refractivity contribution in [1.82, 2.24) is 20.1 Å². The van der Waals surface area contributed by atoms with Crippen molar-refractivity contribution in [3.63, 3.8) is 0 Å². The Morgan fingerprint density at radius 1 is 1.23 bits per heavy atom. The van der Waals surface area contributed by atoms with Crippen LogP contribution in [0.3, 0.4) is 0 Å². The lowest BCUT2D eigenvalue weighted by Crippen LogP contribution is -2.50. The Hall–Kier alpha value is -2.56. The molecule has 1 aromatic heterocycles. The number of alkyl halides is 3. The first-order chi connectivity index (χ1) is 14.9. The lowest BCUT2D eigenvalue weighted by Gasteiger charge is -2.36. The minimum Gasteiger partial charge on any atom is -0.476 e. The standard InChI is InChI=1S/C20H28F3N5O3/c1-24-19(25-6-11-31-17-3-2-16(14-26-17)20(21,22)23)28-7-4-15(5-8-28)18(29)27-9-12-30-13-10-27/h2-3,14-15H,4-13H2,1H3,(H,24,25). The fourth-order valence-electron chi connectivity index (χ4n) is 3.66. The molecule has 3 rings (SSSR count). The summed E-state index contributed by atoms with van der Waals surface area (Å²) in [5, 5.41) is 3.18. The minimum atomic E-state index is -4.42. The van der Waals surface area contributed by atoms with E-state index in [9.17, 15) is 18.0 Å². The summed E-state index contributed by atoms with van der Waals surface area (Å²) in [4.78, 5) is 24.6. The quantitative estimate of drug-likeness (QED) is 0.423. The first kappa shape index (κ1) is 23.1. The molecule has 31 heavy (non-hydrogen) atoms. The molecule has 0 aromatic carbocycles. The molecule has 2 aliphatic heterocycles. The van der Waals surface area contributed by atoms with Crippen LogP contribution in [0, 0.1) is 5.92 Å². The third-order valence-corrected chi connectivity index (χ3v) is 5.38. The zero-order chi connectivity index (χ0) is 22.3. The minimum absolute atomic E-state index is 0.0292. The number of carbonyl (C=O) groups is 1. The van der Waals surface area contributed by atoms with Crippen LogP contribution in [0.2, 0.25) is 0 Å². The van der Waals surface area contributed by atoms with E-state index in [1.165, 1.54) is 6.07 Å². The van der Waals surface area contributed by atoms with Crippen molar-refractivity contribution in [2.24, 2.45) is 10.9 Å². The van der Waals surface area contributed by atoms with E-state index in [0.717, 1.165) is 38.2 Å². The summed E-state index contributed by atoms with van der Waals surface area (Å²) >= 11 is 0. The molecule has 2 saturated heterocycles. The predicted molar refractivity (Wildman–Crippen MR) is 108 cm³/mol. The summed E-state index contributed by atoms with van der Waals surface area (Å²) in [6, 6.07) is 2.14. The Labute approximate surface area is 179 Å². The number of hydrogen-bond donors (Lipinski definition) is 1. The number of nitrogens with one attached hydrogen (secondary N) is 1. The number of halogens is 3. The molecule has 11 heteroatoms. The molecule has 1 N–H and O–H groups in total. The van der Waals surface area contributed by atoms with Crippen LogP contribution in [-0.4, -0.2) is 86.2 Å². The number of aliphatic imine (C=N–C) groups is 1. The van der Waals surface area contributed by atoms with Gasteiger partial charge < -0.3 is 24.6 Å². The summed E-state index contributed by atoms with van der Waals surface area (Å²) in [6.07, 6.45) is -2.13. The van der Waals surface area contributed by atoms with Crippen LogP contribution in [0.25, 0.3) is 0 Å². The zero-order valence-electron chi connectivity index (χ0n) is 17.5. The SMILES string of the molecule is CN=C(NCCOc1ccc(C(F)(F)F)cn1)N1CCC(C(=O)N2CCOCC2)CC1. The molecular weight excluding hydrogens is 415 g/mol. The van der Waals surface area contributed by atoms with E-state index in [2.05, 4.69) is 20.2 Å². The van der Waals surface area contributed by atoms with Gasteiger partial charge in [-0.05, 0) is 18.9 Å².